The molecule has 1 aromatic heterocycles. The summed E-state index contributed by atoms with van der Waals surface area (Å²) in [7, 11) is 0. The molecule has 1 saturated heterocycles. The van der Waals surface area contributed by atoms with Crippen LogP contribution in [0.15, 0.2) is 10.6 Å². The molecule has 0 bridgehead atoms. The Labute approximate surface area is 104 Å². The molecule has 1 fully saturated rings. The first kappa shape index (κ1) is 12.4. The predicted octanol–water partition coefficient (Wildman–Crippen LogP) is 0.599. The summed E-state index contributed by atoms with van der Waals surface area (Å²) < 4.78 is 4.96. The lowest BCUT2D eigenvalue weighted by molar-refractivity contribution is -0.139. The maximum absolute atomic E-state index is 11.6. The van der Waals surface area contributed by atoms with Gasteiger partial charge < -0.3 is 19.8 Å². The van der Waals surface area contributed by atoms with Gasteiger partial charge in [0.1, 0.15) is 0 Å². The van der Waals surface area contributed by atoms with Crippen molar-refractivity contribution in [1.82, 2.24) is 15.4 Å². The Kier molecular flexibility index (Phi) is 3.50. The van der Waals surface area contributed by atoms with Crippen molar-refractivity contribution in [2.75, 3.05) is 13.1 Å². The van der Waals surface area contributed by atoms with Crippen molar-refractivity contribution >= 4 is 12.0 Å². The highest BCUT2D eigenvalue weighted by Crippen LogP contribution is 2.18. The molecule has 18 heavy (non-hydrogen) atoms. The highest BCUT2D eigenvalue weighted by atomic mass is 16.5. The van der Waals surface area contributed by atoms with Gasteiger partial charge in [0, 0.05) is 25.1 Å². The van der Waals surface area contributed by atoms with Crippen LogP contribution in [-0.2, 0) is 11.3 Å². The second-order valence-corrected chi connectivity index (χ2v) is 4.46. The number of amides is 2. The van der Waals surface area contributed by atoms with Crippen LogP contribution in [-0.4, -0.2) is 40.3 Å². The highest BCUT2D eigenvalue weighted by Gasteiger charge is 2.31. The van der Waals surface area contributed by atoms with Crippen molar-refractivity contribution < 1.29 is 19.2 Å². The lowest BCUT2D eigenvalue weighted by atomic mass is 9.97. The van der Waals surface area contributed by atoms with Crippen LogP contribution in [0.2, 0.25) is 0 Å². The van der Waals surface area contributed by atoms with Crippen LogP contribution in [0.5, 0.6) is 0 Å². The zero-order valence-corrected chi connectivity index (χ0v) is 10.0. The molecule has 7 nitrogen and oxygen atoms in total. The first-order valence-electron chi connectivity index (χ1n) is 5.71. The lowest BCUT2D eigenvalue weighted by Gasteiger charge is -2.38. The third-order valence-corrected chi connectivity index (χ3v) is 2.80. The number of carbonyl (C=O) groups is 2. The summed E-state index contributed by atoms with van der Waals surface area (Å²) in [6, 6.07) is 1.55. The zero-order chi connectivity index (χ0) is 13.1. The molecule has 0 spiro atoms. The largest absolute Gasteiger partial charge is 0.481 e. The molecule has 2 heterocycles. The first-order valence-corrected chi connectivity index (χ1v) is 5.71. The Bertz CT molecular complexity index is 451. The number of aliphatic carboxylic acids is 1. The number of urea groups is 1. The first-order chi connectivity index (χ1) is 8.54. The highest BCUT2D eigenvalue weighted by molar-refractivity contribution is 5.75. The average Bonchev–Trinajstić information content (AvgIpc) is 2.65. The zero-order valence-electron chi connectivity index (χ0n) is 10.0. The molecule has 2 N–H and O–H groups in total. The minimum absolute atomic E-state index is 0.0702. The van der Waals surface area contributed by atoms with Crippen LogP contribution >= 0.6 is 0 Å². The molecular weight excluding hydrogens is 238 g/mol. The number of carbonyl (C=O) groups excluding carboxylic acids is 1. The minimum Gasteiger partial charge on any atom is -0.481 e. The lowest BCUT2D eigenvalue weighted by Crippen LogP contribution is -2.54. The van der Waals surface area contributed by atoms with E-state index in [-0.39, 0.29) is 18.4 Å². The van der Waals surface area contributed by atoms with E-state index in [0.29, 0.717) is 25.4 Å². The van der Waals surface area contributed by atoms with E-state index < -0.39 is 5.97 Å². The van der Waals surface area contributed by atoms with Crippen molar-refractivity contribution in [3.8, 4) is 0 Å². The molecule has 2 rings (SSSR count). The number of carboxylic acids is 1. The Hall–Kier alpha value is -2.05. The molecular formula is C11H15N3O4. The van der Waals surface area contributed by atoms with E-state index in [0.717, 1.165) is 5.69 Å². The van der Waals surface area contributed by atoms with Crippen LogP contribution in [0.1, 0.15) is 17.9 Å². The van der Waals surface area contributed by atoms with Crippen LogP contribution in [0, 0.1) is 12.8 Å². The van der Waals surface area contributed by atoms with Gasteiger partial charge >= 0.3 is 12.0 Å². The van der Waals surface area contributed by atoms with Gasteiger partial charge in [-0.3, -0.25) is 4.79 Å². The van der Waals surface area contributed by atoms with E-state index >= 15 is 0 Å². The van der Waals surface area contributed by atoms with E-state index in [1.165, 1.54) is 0 Å². The van der Waals surface area contributed by atoms with Crippen molar-refractivity contribution in [3.63, 3.8) is 0 Å². The summed E-state index contributed by atoms with van der Waals surface area (Å²) in [5.74, 6) is -0.151. The molecule has 0 radical (unpaired) electrons. The van der Waals surface area contributed by atoms with Crippen LogP contribution < -0.4 is 5.32 Å². The predicted molar refractivity (Wildman–Crippen MR) is 60.8 cm³/mol. The number of nitrogens with one attached hydrogen (secondary N) is 1. The average molecular weight is 253 g/mol. The number of likely N-dealkylation sites (tertiary alicyclic amines) is 1. The van der Waals surface area contributed by atoms with Crippen LogP contribution in [0.25, 0.3) is 0 Å². The molecule has 0 unspecified atom stereocenters. The fourth-order valence-electron chi connectivity index (χ4n) is 1.89. The topological polar surface area (TPSA) is 95.7 Å². The molecule has 1 aliphatic rings. The van der Waals surface area contributed by atoms with Crippen molar-refractivity contribution in [1.29, 1.82) is 0 Å². The summed E-state index contributed by atoms with van der Waals surface area (Å²) in [6.07, 6.45) is 0.116. The molecule has 0 aromatic carbocycles. The number of rotatable bonds is 4. The van der Waals surface area contributed by atoms with Gasteiger partial charge in [-0.05, 0) is 6.92 Å². The Morgan fingerprint density at radius 2 is 2.33 bits per heavy atom. The molecule has 1 aromatic rings. The number of nitrogens with zero attached hydrogens (tertiary/aromatic N) is 2. The second kappa shape index (κ2) is 5.07. The van der Waals surface area contributed by atoms with Gasteiger partial charge in [0.2, 0.25) is 0 Å². The molecule has 0 aliphatic carbocycles. The maximum Gasteiger partial charge on any atom is 0.317 e. The summed E-state index contributed by atoms with van der Waals surface area (Å²) in [4.78, 5) is 23.7. The van der Waals surface area contributed by atoms with Gasteiger partial charge in [-0.1, -0.05) is 5.16 Å². The van der Waals surface area contributed by atoms with Crippen molar-refractivity contribution in [2.45, 2.75) is 19.9 Å². The third kappa shape index (κ3) is 2.99. The maximum atomic E-state index is 11.6. The van der Waals surface area contributed by atoms with Gasteiger partial charge in [-0.2, -0.15) is 0 Å². The fourth-order valence-corrected chi connectivity index (χ4v) is 1.89. The molecule has 0 atom stereocenters. The van der Waals surface area contributed by atoms with E-state index in [9.17, 15) is 9.59 Å². The van der Waals surface area contributed by atoms with E-state index in [2.05, 4.69) is 10.5 Å². The number of hydrogen-bond acceptors (Lipinski definition) is 4. The summed E-state index contributed by atoms with van der Waals surface area (Å²) >= 11 is 0. The standard InChI is InChI=1S/C11H15N3O4/c1-7-2-9(18-13-7)4-12-11(17)14-5-8(6-14)3-10(15)16/h2,8H,3-6H2,1H3,(H,12,17)(H,15,16). The van der Waals surface area contributed by atoms with Gasteiger partial charge in [0.25, 0.3) is 0 Å². The Morgan fingerprint density at radius 3 is 2.89 bits per heavy atom. The Morgan fingerprint density at radius 1 is 1.61 bits per heavy atom. The van der Waals surface area contributed by atoms with Crippen molar-refractivity contribution in [2.24, 2.45) is 5.92 Å². The van der Waals surface area contributed by atoms with Crippen molar-refractivity contribution in [3.05, 3.63) is 17.5 Å². The fraction of sp³-hybridized carbons (Fsp3) is 0.545. The van der Waals surface area contributed by atoms with Gasteiger partial charge in [-0.15, -0.1) is 0 Å². The molecule has 98 valence electrons. The smallest absolute Gasteiger partial charge is 0.317 e. The number of hydrogen-bond donors (Lipinski definition) is 2. The number of aryl methyl sites for hydroxylation is 1. The summed E-state index contributed by atoms with van der Waals surface area (Å²) in [5.41, 5.74) is 0.768. The monoisotopic (exact) mass is 253 g/mol. The minimum atomic E-state index is -0.822. The SMILES string of the molecule is Cc1cc(CNC(=O)N2CC(CC(=O)O)C2)on1. The van der Waals surface area contributed by atoms with Crippen LogP contribution in [0.4, 0.5) is 4.79 Å². The number of carboxylic acid groups (broad SMARTS) is 1. The molecule has 1 aliphatic heterocycles. The summed E-state index contributed by atoms with van der Waals surface area (Å²) in [6.45, 7) is 3.08. The molecule has 0 saturated carbocycles. The summed E-state index contributed by atoms with van der Waals surface area (Å²) in [5, 5.41) is 15.0. The van der Waals surface area contributed by atoms with E-state index in [4.69, 9.17) is 9.63 Å². The third-order valence-electron chi connectivity index (χ3n) is 2.80. The normalized spacial score (nSPS) is 15.3. The molecule has 2 amide bonds. The van der Waals surface area contributed by atoms with Gasteiger partial charge in [0.15, 0.2) is 5.76 Å². The van der Waals surface area contributed by atoms with Crippen LogP contribution in [0.3, 0.4) is 0 Å². The van der Waals surface area contributed by atoms with E-state index in [1.54, 1.807) is 17.9 Å². The Balaban J connectivity index is 1.69. The second-order valence-electron chi connectivity index (χ2n) is 4.46. The molecule has 7 heteroatoms. The van der Waals surface area contributed by atoms with Gasteiger partial charge in [0.05, 0.1) is 18.7 Å². The van der Waals surface area contributed by atoms with E-state index in [1.807, 2.05) is 0 Å². The quantitative estimate of drug-likeness (QED) is 0.819. The number of aromatic nitrogens is 1. The van der Waals surface area contributed by atoms with Gasteiger partial charge in [-0.25, -0.2) is 4.79 Å².